The zero-order chi connectivity index (χ0) is 18.0. The molecule has 0 N–H and O–H groups in total. The molecule has 25 heavy (non-hydrogen) atoms. The number of aryl methyl sites for hydroxylation is 1. The fraction of sp³-hybridized carbons (Fsp3) is 0.444. The van der Waals surface area contributed by atoms with E-state index in [0.717, 1.165) is 17.5 Å². The lowest BCUT2D eigenvalue weighted by molar-refractivity contribution is -0.136. The topological polar surface area (TPSA) is 81.5 Å². The first kappa shape index (κ1) is 17.1. The molecule has 1 aliphatic heterocycles. The number of esters is 1. The van der Waals surface area contributed by atoms with Gasteiger partial charge in [-0.15, -0.1) is 0 Å². The van der Waals surface area contributed by atoms with E-state index < -0.39 is 5.97 Å². The fourth-order valence-corrected chi connectivity index (χ4v) is 3.15. The van der Waals surface area contributed by atoms with Crippen LogP contribution in [0, 0.1) is 5.92 Å². The lowest BCUT2D eigenvalue weighted by Gasteiger charge is -2.30. The van der Waals surface area contributed by atoms with E-state index in [9.17, 15) is 14.4 Å². The highest BCUT2D eigenvalue weighted by molar-refractivity contribution is 6.02. The predicted octanol–water partition coefficient (Wildman–Crippen LogP) is 1.35. The maximum Gasteiger partial charge on any atom is 0.359 e. The Morgan fingerprint density at radius 1 is 1.28 bits per heavy atom. The fourth-order valence-electron chi connectivity index (χ4n) is 3.15. The highest BCUT2D eigenvalue weighted by atomic mass is 16.5. The highest BCUT2D eigenvalue weighted by Crippen LogP contribution is 2.16. The SMILES string of the molecule is CC1CCCN(C(=O)COC(=O)c2nn(C)c(=O)c3ccccc23)C1. The first-order valence-corrected chi connectivity index (χ1v) is 8.38. The predicted molar refractivity (Wildman–Crippen MR) is 92.2 cm³/mol. The molecule has 1 fully saturated rings. The maximum atomic E-state index is 12.4. The molecule has 2 heterocycles. The van der Waals surface area contributed by atoms with Crippen molar-refractivity contribution in [2.75, 3.05) is 19.7 Å². The number of amides is 1. The molecule has 1 unspecified atom stereocenters. The van der Waals surface area contributed by atoms with Gasteiger partial charge in [0.25, 0.3) is 11.5 Å². The van der Waals surface area contributed by atoms with E-state index in [1.165, 1.54) is 7.05 Å². The third-order valence-electron chi connectivity index (χ3n) is 4.49. The monoisotopic (exact) mass is 343 g/mol. The number of hydrogen-bond donors (Lipinski definition) is 0. The summed E-state index contributed by atoms with van der Waals surface area (Å²) in [5.41, 5.74) is -0.247. The molecular formula is C18H21N3O4. The molecule has 1 aromatic heterocycles. The Morgan fingerprint density at radius 2 is 2.00 bits per heavy atom. The van der Waals surface area contributed by atoms with Gasteiger partial charge in [0, 0.05) is 25.5 Å². The number of carbonyl (C=O) groups excluding carboxylic acids is 2. The molecule has 1 amide bonds. The minimum absolute atomic E-state index is 0.0394. The van der Waals surface area contributed by atoms with Crippen molar-refractivity contribution in [1.82, 2.24) is 14.7 Å². The van der Waals surface area contributed by atoms with Crippen LogP contribution in [0.5, 0.6) is 0 Å². The van der Waals surface area contributed by atoms with E-state index in [0.29, 0.717) is 29.8 Å². The van der Waals surface area contributed by atoms with E-state index in [4.69, 9.17) is 4.74 Å². The third-order valence-corrected chi connectivity index (χ3v) is 4.49. The summed E-state index contributed by atoms with van der Waals surface area (Å²) in [4.78, 5) is 38.5. The Balaban J connectivity index is 1.76. The average molecular weight is 343 g/mol. The van der Waals surface area contributed by atoms with Crippen molar-refractivity contribution < 1.29 is 14.3 Å². The van der Waals surface area contributed by atoms with Gasteiger partial charge in [0.05, 0.1) is 5.39 Å². The van der Waals surface area contributed by atoms with Gasteiger partial charge in [-0.05, 0) is 24.8 Å². The van der Waals surface area contributed by atoms with Crippen LogP contribution in [-0.2, 0) is 16.6 Å². The second-order valence-electron chi connectivity index (χ2n) is 6.49. The Hall–Kier alpha value is -2.70. The van der Waals surface area contributed by atoms with Gasteiger partial charge in [-0.1, -0.05) is 25.1 Å². The molecule has 1 saturated heterocycles. The summed E-state index contributed by atoms with van der Waals surface area (Å²) in [6.45, 7) is 3.18. The molecular weight excluding hydrogens is 322 g/mol. The van der Waals surface area contributed by atoms with E-state index in [1.807, 2.05) is 0 Å². The molecule has 2 aromatic rings. The molecule has 0 bridgehead atoms. The lowest BCUT2D eigenvalue weighted by Crippen LogP contribution is -2.41. The van der Waals surface area contributed by atoms with Crippen LogP contribution in [0.3, 0.4) is 0 Å². The van der Waals surface area contributed by atoms with E-state index in [1.54, 1.807) is 29.2 Å². The number of rotatable bonds is 3. The number of aromatic nitrogens is 2. The van der Waals surface area contributed by atoms with Gasteiger partial charge in [0.1, 0.15) is 0 Å². The summed E-state index contributed by atoms with van der Waals surface area (Å²) in [6, 6.07) is 6.73. The highest BCUT2D eigenvalue weighted by Gasteiger charge is 2.23. The number of nitrogens with zero attached hydrogens (tertiary/aromatic N) is 3. The van der Waals surface area contributed by atoms with E-state index in [-0.39, 0.29) is 23.8 Å². The number of hydrogen-bond acceptors (Lipinski definition) is 5. The van der Waals surface area contributed by atoms with Crippen molar-refractivity contribution in [2.45, 2.75) is 19.8 Å². The van der Waals surface area contributed by atoms with Crippen molar-refractivity contribution in [3.63, 3.8) is 0 Å². The number of carbonyl (C=O) groups is 2. The molecule has 1 atom stereocenters. The van der Waals surface area contributed by atoms with Crippen LogP contribution in [0.25, 0.3) is 10.8 Å². The van der Waals surface area contributed by atoms with Crippen LogP contribution < -0.4 is 5.56 Å². The van der Waals surface area contributed by atoms with Gasteiger partial charge < -0.3 is 9.64 Å². The molecule has 0 saturated carbocycles. The maximum absolute atomic E-state index is 12.4. The van der Waals surface area contributed by atoms with Crippen LogP contribution >= 0.6 is 0 Å². The second-order valence-corrected chi connectivity index (χ2v) is 6.49. The van der Waals surface area contributed by atoms with E-state index in [2.05, 4.69) is 12.0 Å². The van der Waals surface area contributed by atoms with Crippen LogP contribution in [-0.4, -0.2) is 46.3 Å². The molecule has 7 nitrogen and oxygen atoms in total. The molecule has 1 aromatic carbocycles. The van der Waals surface area contributed by atoms with Crippen molar-refractivity contribution in [3.8, 4) is 0 Å². The van der Waals surface area contributed by atoms with Gasteiger partial charge in [-0.3, -0.25) is 9.59 Å². The summed E-state index contributed by atoms with van der Waals surface area (Å²) < 4.78 is 6.28. The Morgan fingerprint density at radius 3 is 2.72 bits per heavy atom. The molecule has 0 aliphatic carbocycles. The Kier molecular flexibility index (Phi) is 4.83. The van der Waals surface area contributed by atoms with Crippen LogP contribution in [0.4, 0.5) is 0 Å². The molecule has 3 rings (SSSR count). The smallest absolute Gasteiger partial charge is 0.359 e. The van der Waals surface area contributed by atoms with Gasteiger partial charge in [-0.2, -0.15) is 5.10 Å². The zero-order valence-corrected chi connectivity index (χ0v) is 14.4. The Bertz CT molecular complexity index is 874. The number of benzene rings is 1. The summed E-state index contributed by atoms with van der Waals surface area (Å²) >= 11 is 0. The molecule has 0 radical (unpaired) electrons. The summed E-state index contributed by atoms with van der Waals surface area (Å²) in [5.74, 6) is -0.443. The average Bonchev–Trinajstić information content (AvgIpc) is 2.62. The first-order chi connectivity index (χ1) is 12.0. The number of ether oxygens (including phenoxy) is 1. The number of likely N-dealkylation sites (tertiary alicyclic amines) is 1. The Labute approximate surface area is 145 Å². The van der Waals surface area contributed by atoms with Crippen LogP contribution in [0.2, 0.25) is 0 Å². The van der Waals surface area contributed by atoms with Crippen molar-refractivity contribution in [1.29, 1.82) is 0 Å². The minimum Gasteiger partial charge on any atom is -0.451 e. The summed E-state index contributed by atoms with van der Waals surface area (Å²) in [6.07, 6.45) is 2.07. The second kappa shape index (κ2) is 7.04. The molecule has 7 heteroatoms. The van der Waals surface area contributed by atoms with Gasteiger partial charge in [0.2, 0.25) is 0 Å². The molecule has 0 spiro atoms. The van der Waals surface area contributed by atoms with Gasteiger partial charge in [0.15, 0.2) is 12.3 Å². The van der Waals surface area contributed by atoms with Crippen molar-refractivity contribution in [2.24, 2.45) is 13.0 Å². The minimum atomic E-state index is -0.704. The first-order valence-electron chi connectivity index (χ1n) is 8.38. The molecule has 132 valence electrons. The largest absolute Gasteiger partial charge is 0.451 e. The van der Waals surface area contributed by atoms with Crippen LogP contribution in [0.1, 0.15) is 30.3 Å². The third kappa shape index (κ3) is 3.55. The lowest BCUT2D eigenvalue weighted by atomic mass is 10.0. The summed E-state index contributed by atoms with van der Waals surface area (Å²) in [5, 5.41) is 4.83. The van der Waals surface area contributed by atoms with Gasteiger partial charge >= 0.3 is 5.97 Å². The van der Waals surface area contributed by atoms with E-state index >= 15 is 0 Å². The normalized spacial score (nSPS) is 17.5. The van der Waals surface area contributed by atoms with Gasteiger partial charge in [-0.25, -0.2) is 9.48 Å². The van der Waals surface area contributed by atoms with Crippen molar-refractivity contribution >= 4 is 22.6 Å². The summed E-state index contributed by atoms with van der Waals surface area (Å²) in [7, 11) is 1.48. The van der Waals surface area contributed by atoms with Crippen molar-refractivity contribution in [3.05, 3.63) is 40.3 Å². The zero-order valence-electron chi connectivity index (χ0n) is 14.4. The molecule has 1 aliphatic rings. The van der Waals surface area contributed by atoms with Crippen LogP contribution in [0.15, 0.2) is 29.1 Å². The number of piperidine rings is 1. The quantitative estimate of drug-likeness (QED) is 0.786. The number of fused-ring (bicyclic) bond motifs is 1. The standard InChI is InChI=1S/C18H21N3O4/c1-12-6-5-9-21(10-12)15(22)11-25-18(24)16-13-7-3-4-8-14(13)17(23)20(2)19-16/h3-4,7-8,12H,5-6,9-11H2,1-2H3.